The number of rotatable bonds is 6. The zero-order valence-electron chi connectivity index (χ0n) is 11.6. The fraction of sp³-hybridized carbons (Fsp3) is 0.333. The second-order valence-electron chi connectivity index (χ2n) is 4.60. The molecular formula is C15H19N3O2. The molecule has 2 amide bonds. The fourth-order valence-corrected chi connectivity index (χ4v) is 2.17. The van der Waals surface area contributed by atoms with Crippen molar-refractivity contribution in [1.29, 1.82) is 5.41 Å². The Morgan fingerprint density at radius 3 is 2.75 bits per heavy atom. The van der Waals surface area contributed by atoms with Crippen molar-refractivity contribution in [3.8, 4) is 5.75 Å². The van der Waals surface area contributed by atoms with Gasteiger partial charge in [0.1, 0.15) is 17.6 Å². The van der Waals surface area contributed by atoms with Gasteiger partial charge in [0.05, 0.1) is 6.61 Å². The normalized spacial score (nSPS) is 18.1. The van der Waals surface area contributed by atoms with Crippen LogP contribution in [0, 0.1) is 5.41 Å². The van der Waals surface area contributed by atoms with E-state index >= 15 is 0 Å². The Kier molecular flexibility index (Phi) is 4.40. The predicted octanol–water partition coefficient (Wildman–Crippen LogP) is 2.70. The van der Waals surface area contributed by atoms with Gasteiger partial charge in [-0.05, 0) is 24.1 Å². The van der Waals surface area contributed by atoms with Crippen molar-refractivity contribution in [2.45, 2.75) is 19.4 Å². The van der Waals surface area contributed by atoms with Gasteiger partial charge in [-0.2, -0.15) is 0 Å². The number of nitrogens with one attached hydrogen (secondary N) is 2. The molecule has 0 aromatic heterocycles. The van der Waals surface area contributed by atoms with Gasteiger partial charge in [-0.25, -0.2) is 4.79 Å². The summed E-state index contributed by atoms with van der Waals surface area (Å²) in [6.45, 7) is 6.79. The van der Waals surface area contributed by atoms with Crippen molar-refractivity contribution in [3.05, 3.63) is 42.5 Å². The second-order valence-corrected chi connectivity index (χ2v) is 4.60. The fourth-order valence-electron chi connectivity index (χ4n) is 2.17. The summed E-state index contributed by atoms with van der Waals surface area (Å²) in [5.74, 6) is 0.994. The van der Waals surface area contributed by atoms with Gasteiger partial charge >= 0.3 is 6.03 Å². The zero-order chi connectivity index (χ0) is 14.5. The Morgan fingerprint density at radius 1 is 1.45 bits per heavy atom. The summed E-state index contributed by atoms with van der Waals surface area (Å²) in [7, 11) is 0. The summed E-state index contributed by atoms with van der Waals surface area (Å²) in [5, 5.41) is 10.4. The molecule has 1 aromatic rings. The summed E-state index contributed by atoms with van der Waals surface area (Å²) in [6, 6.07) is 6.88. The van der Waals surface area contributed by atoms with Gasteiger partial charge in [-0.1, -0.05) is 25.1 Å². The lowest BCUT2D eigenvalue weighted by Gasteiger charge is -2.21. The SMILES string of the molecule is C=CCN1C(=O)NC(=N)C1c1ccc(OCCC)cc1. The molecule has 1 aromatic carbocycles. The number of amidine groups is 1. The molecule has 2 rings (SSSR count). The Bertz CT molecular complexity index is 510. The smallest absolute Gasteiger partial charge is 0.323 e. The van der Waals surface area contributed by atoms with Crippen molar-refractivity contribution in [1.82, 2.24) is 10.2 Å². The topological polar surface area (TPSA) is 65.4 Å². The number of amides is 2. The first-order valence-electron chi connectivity index (χ1n) is 6.67. The molecule has 0 aliphatic carbocycles. The average molecular weight is 273 g/mol. The largest absolute Gasteiger partial charge is 0.494 e. The number of carbonyl (C=O) groups is 1. The van der Waals surface area contributed by atoms with Gasteiger partial charge in [0.25, 0.3) is 0 Å². The van der Waals surface area contributed by atoms with Crippen LogP contribution in [0.15, 0.2) is 36.9 Å². The zero-order valence-corrected chi connectivity index (χ0v) is 11.6. The number of urea groups is 1. The lowest BCUT2D eigenvalue weighted by molar-refractivity contribution is 0.211. The van der Waals surface area contributed by atoms with Gasteiger partial charge in [-0.3, -0.25) is 10.7 Å². The molecule has 106 valence electrons. The molecule has 1 atom stereocenters. The van der Waals surface area contributed by atoms with Crippen LogP contribution in [0.25, 0.3) is 0 Å². The number of carbonyl (C=O) groups excluding carboxylic acids is 1. The van der Waals surface area contributed by atoms with Crippen molar-refractivity contribution in [2.75, 3.05) is 13.2 Å². The molecule has 1 heterocycles. The van der Waals surface area contributed by atoms with Crippen LogP contribution < -0.4 is 10.1 Å². The molecule has 0 bridgehead atoms. The Labute approximate surface area is 118 Å². The molecule has 1 aliphatic rings. The molecule has 20 heavy (non-hydrogen) atoms. The van der Waals surface area contributed by atoms with Crippen LogP contribution in [0.1, 0.15) is 24.9 Å². The third-order valence-electron chi connectivity index (χ3n) is 3.08. The monoisotopic (exact) mass is 273 g/mol. The van der Waals surface area contributed by atoms with Crippen LogP contribution in [0.5, 0.6) is 5.75 Å². The van der Waals surface area contributed by atoms with E-state index in [2.05, 4.69) is 18.8 Å². The molecule has 0 radical (unpaired) electrons. The summed E-state index contributed by atoms with van der Waals surface area (Å²) in [6.07, 6.45) is 2.62. The van der Waals surface area contributed by atoms with Crippen LogP contribution in [0.4, 0.5) is 4.79 Å². The summed E-state index contributed by atoms with van der Waals surface area (Å²) < 4.78 is 5.53. The number of nitrogens with zero attached hydrogens (tertiary/aromatic N) is 1. The minimum Gasteiger partial charge on any atom is -0.494 e. The van der Waals surface area contributed by atoms with Crippen molar-refractivity contribution in [3.63, 3.8) is 0 Å². The highest BCUT2D eigenvalue weighted by molar-refractivity contribution is 6.06. The number of hydrogen-bond donors (Lipinski definition) is 2. The lowest BCUT2D eigenvalue weighted by atomic mass is 10.1. The minimum atomic E-state index is -0.374. The van der Waals surface area contributed by atoms with Gasteiger partial charge in [0.2, 0.25) is 0 Å². The molecule has 5 nitrogen and oxygen atoms in total. The molecule has 1 unspecified atom stereocenters. The number of hydrogen-bond acceptors (Lipinski definition) is 3. The molecule has 0 spiro atoms. The van der Waals surface area contributed by atoms with E-state index in [1.807, 2.05) is 24.3 Å². The summed E-state index contributed by atoms with van der Waals surface area (Å²) >= 11 is 0. The van der Waals surface area contributed by atoms with E-state index in [-0.39, 0.29) is 17.9 Å². The first-order valence-corrected chi connectivity index (χ1v) is 6.67. The molecule has 1 aliphatic heterocycles. The van der Waals surface area contributed by atoms with Crippen LogP contribution >= 0.6 is 0 Å². The molecule has 5 heteroatoms. The predicted molar refractivity (Wildman–Crippen MR) is 78.1 cm³/mol. The minimum absolute atomic E-state index is 0.194. The third kappa shape index (κ3) is 2.82. The van der Waals surface area contributed by atoms with Crippen LogP contribution in [0.3, 0.4) is 0 Å². The third-order valence-corrected chi connectivity index (χ3v) is 3.08. The summed E-state index contributed by atoms with van der Waals surface area (Å²) in [5.41, 5.74) is 0.888. The van der Waals surface area contributed by atoms with Gasteiger partial charge in [0.15, 0.2) is 0 Å². The van der Waals surface area contributed by atoms with Crippen LogP contribution in [0.2, 0.25) is 0 Å². The van der Waals surface area contributed by atoms with E-state index in [0.29, 0.717) is 13.2 Å². The highest BCUT2D eigenvalue weighted by atomic mass is 16.5. The molecule has 2 N–H and O–H groups in total. The standard InChI is InChI=1S/C15H19N3O2/c1-3-9-18-13(14(16)17-15(18)19)11-5-7-12(8-6-11)20-10-4-2/h3,5-8,13H,1,4,9-10H2,2H3,(H2,16,17,19). The second kappa shape index (κ2) is 6.23. The van der Waals surface area contributed by atoms with E-state index in [9.17, 15) is 4.79 Å². The van der Waals surface area contributed by atoms with Crippen LogP contribution in [-0.4, -0.2) is 29.9 Å². The van der Waals surface area contributed by atoms with E-state index in [1.54, 1.807) is 11.0 Å². The number of benzene rings is 1. The van der Waals surface area contributed by atoms with Crippen molar-refractivity contribution in [2.24, 2.45) is 0 Å². The quantitative estimate of drug-likeness (QED) is 0.783. The maximum Gasteiger partial charge on any atom is 0.323 e. The van der Waals surface area contributed by atoms with Crippen LogP contribution in [-0.2, 0) is 0 Å². The molecular weight excluding hydrogens is 254 g/mol. The molecule has 1 saturated heterocycles. The van der Waals surface area contributed by atoms with Gasteiger partial charge < -0.3 is 9.64 Å². The van der Waals surface area contributed by atoms with E-state index in [1.165, 1.54) is 0 Å². The van der Waals surface area contributed by atoms with Gasteiger partial charge in [-0.15, -0.1) is 6.58 Å². The molecule has 0 saturated carbocycles. The van der Waals surface area contributed by atoms with Gasteiger partial charge in [0, 0.05) is 6.54 Å². The number of ether oxygens (including phenoxy) is 1. The maximum atomic E-state index is 11.8. The van der Waals surface area contributed by atoms with E-state index < -0.39 is 0 Å². The lowest BCUT2D eigenvalue weighted by Crippen LogP contribution is -2.29. The first-order chi connectivity index (χ1) is 9.67. The van der Waals surface area contributed by atoms with E-state index in [0.717, 1.165) is 17.7 Å². The Balaban J connectivity index is 2.18. The van der Waals surface area contributed by atoms with E-state index in [4.69, 9.17) is 10.1 Å². The molecule has 1 fully saturated rings. The van der Waals surface area contributed by atoms with Crippen molar-refractivity contribution < 1.29 is 9.53 Å². The summed E-state index contributed by atoms with van der Waals surface area (Å²) in [4.78, 5) is 13.3. The maximum absolute atomic E-state index is 11.8. The first kappa shape index (κ1) is 14.1. The average Bonchev–Trinajstić information content (AvgIpc) is 2.72. The Morgan fingerprint density at radius 2 is 2.15 bits per heavy atom. The highest BCUT2D eigenvalue weighted by Crippen LogP contribution is 2.27. The Hall–Kier alpha value is -2.30. The van der Waals surface area contributed by atoms with Crippen molar-refractivity contribution >= 4 is 11.9 Å². The highest BCUT2D eigenvalue weighted by Gasteiger charge is 2.35.